The normalized spacial score (nSPS) is 14.0. The SMILES string of the molecule is COCc1cccc(C(=O)N2CCN(c3cnn(-c4ccccc4)c(=O)c3Cl)CC2)c1. The fraction of sp³-hybridized carbons (Fsp3) is 0.261. The fourth-order valence-corrected chi connectivity index (χ4v) is 3.94. The standard InChI is InChI=1S/C23H23ClN4O3/c1-31-16-17-6-5-7-18(14-17)22(29)27-12-10-26(11-13-27)20-15-25-28(23(30)21(20)24)19-8-3-2-4-9-19/h2-9,14-15H,10-13,16H2,1H3. The molecule has 3 aromatic rings. The van der Waals surface area contributed by atoms with E-state index in [4.69, 9.17) is 16.3 Å². The number of carbonyl (C=O) groups excluding carboxylic acids is 1. The number of hydrogen-bond acceptors (Lipinski definition) is 5. The van der Waals surface area contributed by atoms with Gasteiger partial charge in [0.05, 0.1) is 24.2 Å². The molecule has 1 saturated heterocycles. The molecule has 0 bridgehead atoms. The van der Waals surface area contributed by atoms with E-state index >= 15 is 0 Å². The molecular weight excluding hydrogens is 416 g/mol. The summed E-state index contributed by atoms with van der Waals surface area (Å²) in [5, 5.41) is 4.43. The van der Waals surface area contributed by atoms with E-state index in [1.807, 2.05) is 52.3 Å². The molecule has 0 atom stereocenters. The van der Waals surface area contributed by atoms with Gasteiger partial charge in [0.1, 0.15) is 5.02 Å². The van der Waals surface area contributed by atoms with Crippen LogP contribution in [0.2, 0.25) is 5.02 Å². The molecule has 0 radical (unpaired) electrons. The first kappa shape index (κ1) is 21.1. The lowest BCUT2D eigenvalue weighted by molar-refractivity contribution is 0.0746. The van der Waals surface area contributed by atoms with Gasteiger partial charge in [-0.05, 0) is 29.8 Å². The highest BCUT2D eigenvalue weighted by Gasteiger charge is 2.25. The molecule has 2 heterocycles. The van der Waals surface area contributed by atoms with E-state index in [9.17, 15) is 9.59 Å². The third kappa shape index (κ3) is 4.47. The number of nitrogens with zero attached hydrogens (tertiary/aromatic N) is 4. The van der Waals surface area contributed by atoms with E-state index in [0.717, 1.165) is 5.56 Å². The number of amides is 1. The Bertz CT molecular complexity index is 1130. The number of carbonyl (C=O) groups is 1. The zero-order valence-corrected chi connectivity index (χ0v) is 18.0. The maximum Gasteiger partial charge on any atom is 0.292 e. The Balaban J connectivity index is 1.46. The molecule has 160 valence electrons. The van der Waals surface area contributed by atoms with E-state index in [1.54, 1.807) is 25.4 Å². The zero-order valence-electron chi connectivity index (χ0n) is 17.2. The molecule has 2 aromatic carbocycles. The minimum absolute atomic E-state index is 0.0127. The molecule has 8 heteroatoms. The number of benzene rings is 2. The van der Waals surface area contributed by atoms with Crippen LogP contribution in [0.5, 0.6) is 0 Å². The Labute approximate surface area is 185 Å². The first-order chi connectivity index (χ1) is 15.1. The summed E-state index contributed by atoms with van der Waals surface area (Å²) < 4.78 is 6.44. The van der Waals surface area contributed by atoms with Gasteiger partial charge >= 0.3 is 0 Å². The molecule has 1 aliphatic rings. The molecule has 0 saturated carbocycles. The average molecular weight is 439 g/mol. The van der Waals surface area contributed by atoms with E-state index < -0.39 is 0 Å². The Kier molecular flexibility index (Phi) is 6.34. The third-order valence-corrected chi connectivity index (χ3v) is 5.65. The first-order valence-electron chi connectivity index (χ1n) is 10.0. The number of piperazine rings is 1. The number of para-hydroxylation sites is 1. The van der Waals surface area contributed by atoms with Crippen molar-refractivity contribution in [3.63, 3.8) is 0 Å². The van der Waals surface area contributed by atoms with Gasteiger partial charge in [0.2, 0.25) is 0 Å². The molecule has 4 rings (SSSR count). The van der Waals surface area contributed by atoms with Gasteiger partial charge in [0, 0.05) is 38.9 Å². The topological polar surface area (TPSA) is 67.7 Å². The Hall–Kier alpha value is -3.16. The van der Waals surface area contributed by atoms with Gasteiger partial charge in [-0.3, -0.25) is 9.59 Å². The van der Waals surface area contributed by atoms with E-state index in [0.29, 0.717) is 49.7 Å². The Morgan fingerprint density at radius 1 is 1.06 bits per heavy atom. The highest BCUT2D eigenvalue weighted by Crippen LogP contribution is 2.23. The molecule has 0 aliphatic carbocycles. The van der Waals surface area contributed by atoms with Gasteiger partial charge in [0.15, 0.2) is 0 Å². The average Bonchev–Trinajstić information content (AvgIpc) is 2.81. The molecule has 0 unspecified atom stereocenters. The monoisotopic (exact) mass is 438 g/mol. The minimum atomic E-state index is -0.362. The summed E-state index contributed by atoms with van der Waals surface area (Å²) in [7, 11) is 1.63. The van der Waals surface area contributed by atoms with Crippen LogP contribution in [0, 0.1) is 0 Å². The van der Waals surface area contributed by atoms with Gasteiger partial charge < -0.3 is 14.5 Å². The number of hydrogen-bond donors (Lipinski definition) is 0. The number of rotatable bonds is 5. The van der Waals surface area contributed by atoms with Crippen molar-refractivity contribution in [3.8, 4) is 5.69 Å². The lowest BCUT2D eigenvalue weighted by atomic mass is 10.1. The summed E-state index contributed by atoms with van der Waals surface area (Å²) in [6, 6.07) is 16.6. The number of methoxy groups -OCH3 is 1. The second kappa shape index (κ2) is 9.32. The van der Waals surface area contributed by atoms with Gasteiger partial charge in [0.25, 0.3) is 11.5 Å². The number of halogens is 1. The van der Waals surface area contributed by atoms with Crippen LogP contribution < -0.4 is 10.5 Å². The van der Waals surface area contributed by atoms with Crippen LogP contribution in [0.25, 0.3) is 5.69 Å². The molecule has 0 spiro atoms. The molecular formula is C23H23ClN4O3. The summed E-state index contributed by atoms with van der Waals surface area (Å²) in [5.41, 5.74) is 2.50. The molecule has 1 amide bonds. The van der Waals surface area contributed by atoms with Crippen molar-refractivity contribution >= 4 is 23.2 Å². The minimum Gasteiger partial charge on any atom is -0.380 e. The van der Waals surface area contributed by atoms with Crippen LogP contribution in [0.3, 0.4) is 0 Å². The van der Waals surface area contributed by atoms with Gasteiger partial charge in [-0.15, -0.1) is 0 Å². The van der Waals surface area contributed by atoms with Crippen LogP contribution in [0.15, 0.2) is 65.6 Å². The zero-order chi connectivity index (χ0) is 21.8. The third-order valence-electron chi connectivity index (χ3n) is 5.29. The van der Waals surface area contributed by atoms with E-state index in [-0.39, 0.29) is 16.5 Å². The summed E-state index contributed by atoms with van der Waals surface area (Å²) in [6.45, 7) is 2.67. The quantitative estimate of drug-likeness (QED) is 0.612. The second-order valence-corrected chi connectivity index (χ2v) is 7.69. The fourth-order valence-electron chi connectivity index (χ4n) is 3.69. The van der Waals surface area contributed by atoms with Crippen molar-refractivity contribution in [1.82, 2.24) is 14.7 Å². The van der Waals surface area contributed by atoms with Crippen molar-refractivity contribution < 1.29 is 9.53 Å². The van der Waals surface area contributed by atoms with Crippen molar-refractivity contribution in [1.29, 1.82) is 0 Å². The highest BCUT2D eigenvalue weighted by atomic mass is 35.5. The molecule has 1 fully saturated rings. The smallest absolute Gasteiger partial charge is 0.292 e. The number of anilines is 1. The molecule has 7 nitrogen and oxygen atoms in total. The van der Waals surface area contributed by atoms with Gasteiger partial charge in [-0.1, -0.05) is 41.9 Å². The Morgan fingerprint density at radius 3 is 2.52 bits per heavy atom. The molecule has 0 N–H and O–H groups in total. The van der Waals surface area contributed by atoms with Gasteiger partial charge in [-0.25, -0.2) is 0 Å². The predicted octanol–water partition coefficient (Wildman–Crippen LogP) is 2.99. The maximum absolute atomic E-state index is 12.9. The predicted molar refractivity (Wildman–Crippen MR) is 120 cm³/mol. The van der Waals surface area contributed by atoms with Crippen LogP contribution >= 0.6 is 11.6 Å². The van der Waals surface area contributed by atoms with E-state index in [2.05, 4.69) is 5.10 Å². The Morgan fingerprint density at radius 2 is 1.81 bits per heavy atom. The molecule has 31 heavy (non-hydrogen) atoms. The molecule has 1 aliphatic heterocycles. The van der Waals surface area contributed by atoms with Crippen LogP contribution in [-0.4, -0.2) is 53.9 Å². The summed E-state index contributed by atoms with van der Waals surface area (Å²) in [6.07, 6.45) is 1.61. The van der Waals surface area contributed by atoms with Crippen LogP contribution in [0.4, 0.5) is 5.69 Å². The summed E-state index contributed by atoms with van der Waals surface area (Å²) in [4.78, 5) is 29.5. The molecule has 1 aromatic heterocycles. The summed E-state index contributed by atoms with van der Waals surface area (Å²) in [5.74, 6) is -0.0127. The lowest BCUT2D eigenvalue weighted by Crippen LogP contribution is -2.49. The van der Waals surface area contributed by atoms with Crippen LogP contribution in [0.1, 0.15) is 15.9 Å². The van der Waals surface area contributed by atoms with Crippen molar-refractivity contribution in [2.45, 2.75) is 6.61 Å². The lowest BCUT2D eigenvalue weighted by Gasteiger charge is -2.36. The van der Waals surface area contributed by atoms with E-state index in [1.165, 1.54) is 4.68 Å². The van der Waals surface area contributed by atoms with Gasteiger partial charge in [-0.2, -0.15) is 9.78 Å². The first-order valence-corrected chi connectivity index (χ1v) is 10.4. The number of aromatic nitrogens is 2. The summed E-state index contributed by atoms with van der Waals surface area (Å²) >= 11 is 6.42. The van der Waals surface area contributed by atoms with Crippen molar-refractivity contribution in [2.75, 3.05) is 38.2 Å². The highest BCUT2D eigenvalue weighted by molar-refractivity contribution is 6.33. The van der Waals surface area contributed by atoms with Crippen LogP contribution in [-0.2, 0) is 11.3 Å². The second-order valence-electron chi connectivity index (χ2n) is 7.31. The van der Waals surface area contributed by atoms with Crippen molar-refractivity contribution in [2.24, 2.45) is 0 Å². The largest absolute Gasteiger partial charge is 0.380 e. The number of ether oxygens (including phenoxy) is 1. The maximum atomic E-state index is 12.9. The van der Waals surface area contributed by atoms with Crippen molar-refractivity contribution in [3.05, 3.63) is 87.3 Å².